The molecule has 28 heavy (non-hydrogen) atoms. The molecule has 142 valence electrons. The van der Waals surface area contributed by atoms with Crippen LogP contribution in [0.1, 0.15) is 28.9 Å². The minimum absolute atomic E-state index is 0.104. The number of aromatic nitrogens is 2. The first-order valence-electron chi connectivity index (χ1n) is 9.35. The Morgan fingerprint density at radius 1 is 1.18 bits per heavy atom. The molecule has 2 N–H and O–H groups in total. The van der Waals surface area contributed by atoms with Crippen molar-refractivity contribution < 1.29 is 4.79 Å². The van der Waals surface area contributed by atoms with Crippen molar-refractivity contribution in [3.8, 4) is 11.3 Å². The molecule has 1 fully saturated rings. The van der Waals surface area contributed by atoms with E-state index in [0.29, 0.717) is 17.3 Å². The first kappa shape index (κ1) is 18.4. The monoisotopic (exact) mass is 392 g/mol. The second-order valence-electron chi connectivity index (χ2n) is 6.98. The van der Waals surface area contributed by atoms with Crippen LogP contribution in [-0.2, 0) is 6.42 Å². The number of carbonyl (C=O) groups excluding carboxylic acids is 1. The first-order chi connectivity index (χ1) is 13.6. The zero-order valence-electron chi connectivity index (χ0n) is 15.4. The van der Waals surface area contributed by atoms with E-state index < -0.39 is 0 Å². The number of nitrogens with zero attached hydrogens (tertiary/aromatic N) is 3. The van der Waals surface area contributed by atoms with Gasteiger partial charge in [-0.1, -0.05) is 54.1 Å². The number of rotatable bonds is 4. The zero-order valence-corrected chi connectivity index (χ0v) is 16.1. The Hall–Kier alpha value is -2.92. The lowest BCUT2D eigenvalue weighted by Gasteiger charge is -2.25. The smallest absolute Gasteiger partial charge is 0.276 e. The lowest BCUT2D eigenvalue weighted by Crippen LogP contribution is -2.37. The summed E-state index contributed by atoms with van der Waals surface area (Å²) in [6, 6.07) is 17.5. The Labute approximate surface area is 169 Å². The molecule has 0 spiro atoms. The predicted molar refractivity (Wildman–Crippen MR) is 111 cm³/mol. The van der Waals surface area contributed by atoms with E-state index in [4.69, 9.17) is 17.3 Å². The molecule has 1 saturated heterocycles. The van der Waals surface area contributed by atoms with Gasteiger partial charge in [0, 0.05) is 23.2 Å². The van der Waals surface area contributed by atoms with Gasteiger partial charge in [0.25, 0.3) is 5.91 Å². The van der Waals surface area contributed by atoms with Gasteiger partial charge in [-0.25, -0.2) is 9.97 Å². The summed E-state index contributed by atoms with van der Waals surface area (Å²) < 4.78 is 0. The maximum absolute atomic E-state index is 13.2. The molecule has 5 nitrogen and oxygen atoms in total. The van der Waals surface area contributed by atoms with Crippen LogP contribution in [0.4, 0.5) is 5.82 Å². The minimum Gasteiger partial charge on any atom is -0.382 e. The van der Waals surface area contributed by atoms with E-state index >= 15 is 0 Å². The van der Waals surface area contributed by atoms with Crippen molar-refractivity contribution in [3.63, 3.8) is 0 Å². The molecule has 6 heteroatoms. The number of hydrogen-bond donors (Lipinski definition) is 1. The van der Waals surface area contributed by atoms with Crippen LogP contribution >= 0.6 is 11.6 Å². The van der Waals surface area contributed by atoms with Crippen LogP contribution in [0.15, 0.2) is 60.8 Å². The predicted octanol–water partition coefficient (Wildman–Crippen LogP) is 4.23. The van der Waals surface area contributed by atoms with E-state index in [1.165, 1.54) is 0 Å². The minimum atomic E-state index is -0.160. The second-order valence-corrected chi connectivity index (χ2v) is 7.42. The highest BCUT2D eigenvalue weighted by atomic mass is 35.5. The molecule has 1 aliphatic heterocycles. The van der Waals surface area contributed by atoms with Crippen LogP contribution < -0.4 is 5.73 Å². The Morgan fingerprint density at radius 2 is 2.00 bits per heavy atom. The maximum atomic E-state index is 13.2. The fourth-order valence-corrected chi connectivity index (χ4v) is 3.90. The Kier molecular flexibility index (Phi) is 5.26. The Bertz CT molecular complexity index is 993. The summed E-state index contributed by atoms with van der Waals surface area (Å²) in [6.07, 6.45) is 4.28. The van der Waals surface area contributed by atoms with Gasteiger partial charge in [-0.3, -0.25) is 4.79 Å². The van der Waals surface area contributed by atoms with Gasteiger partial charge in [0.05, 0.1) is 11.9 Å². The van der Waals surface area contributed by atoms with Gasteiger partial charge in [0.2, 0.25) is 0 Å². The van der Waals surface area contributed by atoms with Crippen molar-refractivity contribution in [1.29, 1.82) is 0 Å². The van der Waals surface area contributed by atoms with Crippen LogP contribution in [0.5, 0.6) is 0 Å². The number of hydrogen-bond acceptors (Lipinski definition) is 4. The number of benzene rings is 2. The normalized spacial score (nSPS) is 16.3. The van der Waals surface area contributed by atoms with Crippen LogP contribution in [0.3, 0.4) is 0 Å². The summed E-state index contributed by atoms with van der Waals surface area (Å²) in [7, 11) is 0. The van der Waals surface area contributed by atoms with Gasteiger partial charge in [-0.15, -0.1) is 0 Å². The average molecular weight is 393 g/mol. The van der Waals surface area contributed by atoms with Crippen molar-refractivity contribution in [2.45, 2.75) is 25.3 Å². The fraction of sp³-hybridized carbons (Fsp3) is 0.227. The van der Waals surface area contributed by atoms with Gasteiger partial charge >= 0.3 is 0 Å². The molecule has 0 radical (unpaired) electrons. The molecular weight excluding hydrogens is 372 g/mol. The summed E-state index contributed by atoms with van der Waals surface area (Å²) in [4.78, 5) is 23.9. The Morgan fingerprint density at radius 3 is 2.79 bits per heavy atom. The van der Waals surface area contributed by atoms with Gasteiger partial charge in [0.1, 0.15) is 0 Å². The quantitative estimate of drug-likeness (QED) is 0.721. The first-order valence-corrected chi connectivity index (χ1v) is 9.73. The molecule has 0 bridgehead atoms. The number of likely N-dealkylation sites (tertiary alicyclic amines) is 1. The number of carbonyl (C=O) groups is 1. The van der Waals surface area contributed by atoms with Crippen LogP contribution in [0.25, 0.3) is 11.3 Å². The Balaban J connectivity index is 1.59. The molecular formula is C22H21ClN4O. The van der Waals surface area contributed by atoms with Crippen molar-refractivity contribution in [2.24, 2.45) is 0 Å². The van der Waals surface area contributed by atoms with E-state index in [9.17, 15) is 4.79 Å². The van der Waals surface area contributed by atoms with Crippen LogP contribution in [0, 0.1) is 0 Å². The molecule has 1 amide bonds. The summed E-state index contributed by atoms with van der Waals surface area (Å²) in [5, 5.41) is 0.707. The van der Waals surface area contributed by atoms with Gasteiger partial charge in [0.15, 0.2) is 11.5 Å². The summed E-state index contributed by atoms with van der Waals surface area (Å²) in [5.41, 5.74) is 8.90. The third kappa shape index (κ3) is 3.85. The topological polar surface area (TPSA) is 72.1 Å². The third-order valence-corrected chi connectivity index (χ3v) is 5.31. The van der Waals surface area contributed by atoms with Crippen LogP contribution in [-0.4, -0.2) is 33.4 Å². The molecule has 4 rings (SSSR count). The summed E-state index contributed by atoms with van der Waals surface area (Å²) >= 11 is 6.11. The van der Waals surface area contributed by atoms with Crippen molar-refractivity contribution in [1.82, 2.24) is 14.9 Å². The van der Waals surface area contributed by atoms with Crippen molar-refractivity contribution >= 4 is 23.3 Å². The largest absolute Gasteiger partial charge is 0.382 e. The van der Waals surface area contributed by atoms with E-state index in [-0.39, 0.29) is 23.5 Å². The summed E-state index contributed by atoms with van der Waals surface area (Å²) in [6.45, 7) is 0.695. The van der Waals surface area contributed by atoms with Gasteiger partial charge in [-0.2, -0.15) is 0 Å². The van der Waals surface area contributed by atoms with E-state index in [1.807, 2.05) is 59.5 Å². The SMILES string of the molecule is Nc1ncc(-c2ccccc2)nc1C(=O)N1CCC[C@H]1Cc1cccc(Cl)c1. The summed E-state index contributed by atoms with van der Waals surface area (Å²) in [5.74, 6) is 0.00500. The number of nitrogens with two attached hydrogens (primary N) is 1. The third-order valence-electron chi connectivity index (χ3n) is 5.07. The highest BCUT2D eigenvalue weighted by Crippen LogP contribution is 2.26. The molecule has 0 saturated carbocycles. The van der Waals surface area contributed by atoms with Gasteiger partial charge in [-0.05, 0) is 37.0 Å². The lowest BCUT2D eigenvalue weighted by atomic mass is 10.0. The zero-order chi connectivity index (χ0) is 19.5. The van der Waals surface area contributed by atoms with E-state index in [0.717, 1.165) is 30.4 Å². The molecule has 1 aromatic heterocycles. The molecule has 0 aliphatic carbocycles. The molecule has 2 heterocycles. The van der Waals surface area contributed by atoms with Crippen LogP contribution in [0.2, 0.25) is 5.02 Å². The number of amides is 1. The lowest BCUT2D eigenvalue weighted by molar-refractivity contribution is 0.0731. The highest BCUT2D eigenvalue weighted by Gasteiger charge is 2.31. The van der Waals surface area contributed by atoms with Crippen molar-refractivity contribution in [3.05, 3.63) is 77.1 Å². The van der Waals surface area contributed by atoms with Crippen molar-refractivity contribution in [2.75, 3.05) is 12.3 Å². The molecule has 1 atom stereocenters. The second kappa shape index (κ2) is 7.98. The molecule has 1 aliphatic rings. The fourth-order valence-electron chi connectivity index (χ4n) is 3.69. The standard InChI is InChI=1S/C22H21ClN4O/c23-17-9-4-6-15(12-17)13-18-10-5-11-27(18)22(28)20-21(24)25-14-19(26-20)16-7-2-1-3-8-16/h1-4,6-9,12,14,18H,5,10-11,13H2,(H2,24,25)/t18-/m0/s1. The number of nitrogen functional groups attached to an aromatic ring is 1. The average Bonchev–Trinajstić information content (AvgIpc) is 3.16. The van der Waals surface area contributed by atoms with E-state index in [2.05, 4.69) is 9.97 Å². The number of anilines is 1. The molecule has 3 aromatic rings. The van der Waals surface area contributed by atoms with E-state index in [1.54, 1.807) is 6.20 Å². The number of halogens is 1. The maximum Gasteiger partial charge on any atom is 0.276 e. The molecule has 2 aromatic carbocycles. The molecule has 0 unspecified atom stereocenters. The highest BCUT2D eigenvalue weighted by molar-refractivity contribution is 6.30. The van der Waals surface area contributed by atoms with Gasteiger partial charge < -0.3 is 10.6 Å².